The average molecular weight is 144 g/mol. The van der Waals surface area contributed by atoms with Gasteiger partial charge in [0.2, 0.25) is 13.3 Å². The van der Waals surface area contributed by atoms with Crippen molar-refractivity contribution in [3.63, 3.8) is 0 Å². The molecule has 1 fully saturated rings. The van der Waals surface area contributed by atoms with Crippen LogP contribution in [0.3, 0.4) is 0 Å². The van der Waals surface area contributed by atoms with E-state index in [1.165, 1.54) is 13.3 Å². The molecule has 1 rings (SSSR count). The SMILES string of the molecule is CC(C)[NH+]1C[NH+](C(C)C)C1. The molecule has 0 spiro atoms. The van der Waals surface area contributed by atoms with Gasteiger partial charge in [0.05, 0.1) is 12.1 Å². The molecule has 0 amide bonds. The van der Waals surface area contributed by atoms with E-state index in [9.17, 15) is 0 Å². The molecular weight excluding hydrogens is 124 g/mol. The van der Waals surface area contributed by atoms with E-state index in [1.807, 2.05) is 0 Å². The minimum absolute atomic E-state index is 0.822. The average Bonchev–Trinajstić information content (AvgIpc) is 1.56. The van der Waals surface area contributed by atoms with Crippen molar-refractivity contribution >= 4 is 0 Å². The molecule has 0 bridgehead atoms. The Labute approximate surface area is 63.8 Å². The highest BCUT2D eigenvalue weighted by molar-refractivity contribution is 4.36. The zero-order chi connectivity index (χ0) is 7.72. The number of hydrogen-bond acceptors (Lipinski definition) is 0. The van der Waals surface area contributed by atoms with Gasteiger partial charge in [0.25, 0.3) is 0 Å². The maximum atomic E-state index is 2.30. The van der Waals surface area contributed by atoms with Gasteiger partial charge in [0.15, 0.2) is 0 Å². The Balaban J connectivity index is 2.18. The topological polar surface area (TPSA) is 8.88 Å². The number of nitrogens with one attached hydrogen (secondary N) is 2. The highest BCUT2D eigenvalue weighted by atomic mass is 15.5. The summed E-state index contributed by atoms with van der Waals surface area (Å²) in [6.07, 6.45) is 0. The Hall–Kier alpha value is -0.0800. The van der Waals surface area contributed by atoms with Crippen molar-refractivity contribution in [3.8, 4) is 0 Å². The molecule has 1 aliphatic heterocycles. The third kappa shape index (κ3) is 1.50. The monoisotopic (exact) mass is 144 g/mol. The van der Waals surface area contributed by atoms with Gasteiger partial charge < -0.3 is 0 Å². The van der Waals surface area contributed by atoms with Gasteiger partial charge in [-0.25, -0.2) is 9.80 Å². The minimum atomic E-state index is 0.822. The van der Waals surface area contributed by atoms with Crippen LogP contribution in [0.5, 0.6) is 0 Å². The Morgan fingerprint density at radius 2 is 1.10 bits per heavy atom. The fourth-order valence-corrected chi connectivity index (χ4v) is 1.35. The molecule has 2 N–H and O–H groups in total. The quantitative estimate of drug-likeness (QED) is 0.467. The zero-order valence-corrected chi connectivity index (χ0v) is 7.57. The van der Waals surface area contributed by atoms with Gasteiger partial charge in [0.1, 0.15) is 0 Å². The number of hydrogen-bond donors (Lipinski definition) is 2. The second-order valence-corrected chi connectivity index (χ2v) is 3.98. The highest BCUT2D eigenvalue weighted by Crippen LogP contribution is 1.72. The standard InChI is InChI=1S/C8H18N2/c1-7(2)9-5-10(6-9)8(3)4/h7-8H,5-6H2,1-4H3/p+2. The summed E-state index contributed by atoms with van der Waals surface area (Å²) in [4.78, 5) is 3.51. The van der Waals surface area contributed by atoms with E-state index < -0.39 is 0 Å². The fraction of sp³-hybridized carbons (Fsp3) is 1.00. The molecule has 0 radical (unpaired) electrons. The first-order valence-electron chi connectivity index (χ1n) is 4.30. The lowest BCUT2D eigenvalue weighted by Crippen LogP contribution is -3.52. The van der Waals surface area contributed by atoms with Crippen molar-refractivity contribution in [1.82, 2.24) is 0 Å². The number of rotatable bonds is 2. The second kappa shape index (κ2) is 2.89. The van der Waals surface area contributed by atoms with Gasteiger partial charge in [-0.3, -0.25) is 0 Å². The van der Waals surface area contributed by atoms with Gasteiger partial charge in [0, 0.05) is 0 Å². The summed E-state index contributed by atoms with van der Waals surface area (Å²) >= 11 is 0. The molecule has 0 unspecified atom stereocenters. The normalized spacial score (nSPS) is 33.0. The van der Waals surface area contributed by atoms with E-state index in [0.29, 0.717) is 0 Å². The summed E-state index contributed by atoms with van der Waals surface area (Å²) in [5, 5.41) is 0. The summed E-state index contributed by atoms with van der Waals surface area (Å²) in [7, 11) is 0. The summed E-state index contributed by atoms with van der Waals surface area (Å²) in [5.74, 6) is 0. The lowest BCUT2D eigenvalue weighted by Gasteiger charge is -2.39. The van der Waals surface area contributed by atoms with E-state index in [4.69, 9.17) is 0 Å². The van der Waals surface area contributed by atoms with Crippen LogP contribution in [-0.4, -0.2) is 25.4 Å². The van der Waals surface area contributed by atoms with Crippen molar-refractivity contribution in [1.29, 1.82) is 0 Å². The van der Waals surface area contributed by atoms with Gasteiger partial charge in [-0.15, -0.1) is 0 Å². The molecule has 10 heavy (non-hydrogen) atoms. The smallest absolute Gasteiger partial charge is 0.213 e. The molecule has 1 heterocycles. The predicted octanol–water partition coefficient (Wildman–Crippen LogP) is -1.50. The van der Waals surface area contributed by atoms with Crippen LogP contribution in [-0.2, 0) is 0 Å². The first-order valence-corrected chi connectivity index (χ1v) is 4.30. The molecule has 1 aliphatic rings. The predicted molar refractivity (Wildman–Crippen MR) is 41.9 cm³/mol. The third-order valence-electron chi connectivity index (χ3n) is 2.54. The van der Waals surface area contributed by atoms with Crippen molar-refractivity contribution in [2.24, 2.45) is 0 Å². The zero-order valence-electron chi connectivity index (χ0n) is 7.57. The Kier molecular flexibility index (Phi) is 2.32. The Bertz CT molecular complexity index is 91.8. The molecular formula is C8H20N2+2. The third-order valence-corrected chi connectivity index (χ3v) is 2.54. The van der Waals surface area contributed by atoms with Crippen molar-refractivity contribution in [2.75, 3.05) is 13.3 Å². The second-order valence-electron chi connectivity index (χ2n) is 3.98. The van der Waals surface area contributed by atoms with Crippen molar-refractivity contribution in [3.05, 3.63) is 0 Å². The van der Waals surface area contributed by atoms with E-state index in [0.717, 1.165) is 12.1 Å². The summed E-state index contributed by atoms with van der Waals surface area (Å²) in [5.41, 5.74) is 0. The van der Waals surface area contributed by atoms with E-state index in [2.05, 4.69) is 27.7 Å². The fourth-order valence-electron chi connectivity index (χ4n) is 1.35. The van der Waals surface area contributed by atoms with Crippen LogP contribution in [0.2, 0.25) is 0 Å². The number of quaternary nitrogens is 2. The molecule has 2 heteroatoms. The van der Waals surface area contributed by atoms with Crippen molar-refractivity contribution in [2.45, 2.75) is 39.8 Å². The highest BCUT2D eigenvalue weighted by Gasteiger charge is 2.35. The van der Waals surface area contributed by atoms with Gasteiger partial charge in [-0.2, -0.15) is 0 Å². The molecule has 0 aromatic heterocycles. The van der Waals surface area contributed by atoms with Crippen LogP contribution >= 0.6 is 0 Å². The lowest BCUT2D eigenvalue weighted by molar-refractivity contribution is -1.28. The summed E-state index contributed by atoms with van der Waals surface area (Å²) in [6.45, 7) is 11.8. The molecule has 1 saturated heterocycles. The minimum Gasteiger partial charge on any atom is -0.240 e. The Morgan fingerprint density at radius 1 is 0.800 bits per heavy atom. The molecule has 0 atom stereocenters. The molecule has 0 saturated carbocycles. The molecule has 0 aromatic rings. The molecule has 2 nitrogen and oxygen atoms in total. The van der Waals surface area contributed by atoms with E-state index in [-0.39, 0.29) is 0 Å². The maximum absolute atomic E-state index is 2.30. The lowest BCUT2D eigenvalue weighted by atomic mass is 10.2. The van der Waals surface area contributed by atoms with Crippen molar-refractivity contribution < 1.29 is 9.80 Å². The molecule has 0 aromatic carbocycles. The molecule has 0 aliphatic carbocycles. The summed E-state index contributed by atoms with van der Waals surface area (Å²) in [6, 6.07) is 1.64. The van der Waals surface area contributed by atoms with Crippen LogP contribution in [0, 0.1) is 0 Å². The largest absolute Gasteiger partial charge is 0.240 e. The maximum Gasteiger partial charge on any atom is 0.213 e. The van der Waals surface area contributed by atoms with Crippen LogP contribution < -0.4 is 9.80 Å². The van der Waals surface area contributed by atoms with Crippen LogP contribution in [0.15, 0.2) is 0 Å². The first-order chi connectivity index (χ1) is 4.61. The van der Waals surface area contributed by atoms with E-state index >= 15 is 0 Å². The Morgan fingerprint density at radius 3 is 1.30 bits per heavy atom. The van der Waals surface area contributed by atoms with Gasteiger partial charge >= 0.3 is 0 Å². The van der Waals surface area contributed by atoms with Crippen LogP contribution in [0.25, 0.3) is 0 Å². The van der Waals surface area contributed by atoms with Gasteiger partial charge in [-0.05, 0) is 27.7 Å². The molecule has 60 valence electrons. The first kappa shape index (κ1) is 8.02. The van der Waals surface area contributed by atoms with Gasteiger partial charge in [-0.1, -0.05) is 0 Å². The van der Waals surface area contributed by atoms with E-state index in [1.54, 1.807) is 9.80 Å². The summed E-state index contributed by atoms with van der Waals surface area (Å²) < 4.78 is 0. The van der Waals surface area contributed by atoms with Crippen LogP contribution in [0.1, 0.15) is 27.7 Å². The van der Waals surface area contributed by atoms with Crippen LogP contribution in [0.4, 0.5) is 0 Å².